The molecule has 0 radical (unpaired) electrons. The van der Waals surface area contributed by atoms with Crippen molar-refractivity contribution >= 4 is 5.91 Å². The largest absolute Gasteiger partial charge is 0.369 e. The van der Waals surface area contributed by atoms with Gasteiger partial charge in [0.15, 0.2) is 0 Å². The van der Waals surface area contributed by atoms with Gasteiger partial charge in [-0.25, -0.2) is 0 Å². The van der Waals surface area contributed by atoms with Crippen molar-refractivity contribution in [3.63, 3.8) is 0 Å². The van der Waals surface area contributed by atoms with Gasteiger partial charge in [-0.3, -0.25) is 4.79 Å². The van der Waals surface area contributed by atoms with E-state index in [1.165, 1.54) is 6.42 Å². The van der Waals surface area contributed by atoms with Crippen LogP contribution < -0.4 is 11.5 Å². The monoisotopic (exact) mass is 154 g/mol. The van der Waals surface area contributed by atoms with Gasteiger partial charge >= 0.3 is 0 Å². The van der Waals surface area contributed by atoms with Crippen molar-refractivity contribution in [2.45, 2.75) is 25.3 Å². The Kier molecular flexibility index (Phi) is 1.42. The second-order valence-electron chi connectivity index (χ2n) is 3.84. The third kappa shape index (κ3) is 0.872. The van der Waals surface area contributed by atoms with E-state index >= 15 is 0 Å². The molecule has 4 N–H and O–H groups in total. The summed E-state index contributed by atoms with van der Waals surface area (Å²) >= 11 is 0. The second-order valence-corrected chi connectivity index (χ2v) is 3.84. The zero-order valence-electron chi connectivity index (χ0n) is 6.49. The Morgan fingerprint density at radius 1 is 1.27 bits per heavy atom. The zero-order valence-corrected chi connectivity index (χ0v) is 6.49. The Hall–Kier alpha value is -0.570. The summed E-state index contributed by atoms with van der Waals surface area (Å²) in [6.45, 7) is 0. The molecule has 62 valence electrons. The molecule has 11 heavy (non-hydrogen) atoms. The third-order valence-corrected chi connectivity index (χ3v) is 3.31. The summed E-state index contributed by atoms with van der Waals surface area (Å²) in [6, 6.07) is 0.0613. The molecule has 2 aliphatic rings. The van der Waals surface area contributed by atoms with Gasteiger partial charge in [0.1, 0.15) is 0 Å². The molecule has 0 heterocycles. The van der Waals surface area contributed by atoms with Crippen molar-refractivity contribution in [2.24, 2.45) is 29.2 Å². The molecule has 0 spiro atoms. The molecule has 1 amide bonds. The van der Waals surface area contributed by atoms with Gasteiger partial charge in [0.25, 0.3) is 0 Å². The van der Waals surface area contributed by atoms with Crippen LogP contribution in [-0.2, 0) is 4.79 Å². The van der Waals surface area contributed by atoms with E-state index in [1.807, 2.05) is 0 Å². The van der Waals surface area contributed by atoms with Crippen LogP contribution in [-0.4, -0.2) is 11.9 Å². The highest BCUT2D eigenvalue weighted by Crippen LogP contribution is 2.47. The maximum Gasteiger partial charge on any atom is 0.222 e. The number of fused-ring (bicyclic) bond motifs is 2. The summed E-state index contributed by atoms with van der Waals surface area (Å²) < 4.78 is 0. The first-order valence-electron chi connectivity index (χ1n) is 4.25. The lowest BCUT2D eigenvalue weighted by Crippen LogP contribution is -2.43. The number of carbonyl (C=O) groups excluding carboxylic acids is 1. The first-order chi connectivity index (χ1) is 5.20. The van der Waals surface area contributed by atoms with Crippen molar-refractivity contribution < 1.29 is 4.79 Å². The predicted octanol–water partition coefficient (Wildman–Crippen LogP) is -0.155. The second kappa shape index (κ2) is 2.21. The molecule has 0 aromatic rings. The van der Waals surface area contributed by atoms with Gasteiger partial charge in [-0.2, -0.15) is 0 Å². The maximum absolute atomic E-state index is 10.9. The van der Waals surface area contributed by atoms with Crippen molar-refractivity contribution in [3.05, 3.63) is 0 Å². The van der Waals surface area contributed by atoms with E-state index < -0.39 is 0 Å². The number of hydrogen-bond donors (Lipinski definition) is 2. The van der Waals surface area contributed by atoms with Crippen LogP contribution in [0, 0.1) is 17.8 Å². The van der Waals surface area contributed by atoms with E-state index in [9.17, 15) is 4.79 Å². The lowest BCUT2D eigenvalue weighted by Gasteiger charge is -2.24. The molecular weight excluding hydrogens is 140 g/mol. The molecular formula is C8H14N2O. The molecule has 0 aromatic heterocycles. The van der Waals surface area contributed by atoms with Crippen LogP contribution >= 0.6 is 0 Å². The first kappa shape index (κ1) is 7.10. The fourth-order valence-electron chi connectivity index (χ4n) is 2.76. The van der Waals surface area contributed by atoms with Crippen LogP contribution in [0.4, 0.5) is 0 Å². The van der Waals surface area contributed by atoms with Crippen LogP contribution in [0.15, 0.2) is 0 Å². The van der Waals surface area contributed by atoms with E-state index in [0.29, 0.717) is 11.8 Å². The number of carbonyl (C=O) groups is 1. The summed E-state index contributed by atoms with van der Waals surface area (Å²) in [5.41, 5.74) is 11.1. The molecule has 3 nitrogen and oxygen atoms in total. The SMILES string of the molecule is NC(=O)[C@@H]1[C@H]2CC[C@@H](C2)[C@@H]1N. The maximum atomic E-state index is 10.9. The lowest BCUT2D eigenvalue weighted by atomic mass is 9.84. The summed E-state index contributed by atoms with van der Waals surface area (Å²) in [7, 11) is 0. The molecule has 2 fully saturated rings. The standard InChI is InChI=1S/C8H14N2O/c9-7-5-2-1-4(3-5)6(7)8(10)11/h4-7H,1-3,9H2,(H2,10,11)/t4-,5-,6+,7-/m0/s1. The summed E-state index contributed by atoms with van der Waals surface area (Å²) in [5.74, 6) is 0.878. The lowest BCUT2D eigenvalue weighted by molar-refractivity contribution is -0.123. The van der Waals surface area contributed by atoms with Crippen LogP contribution in [0.5, 0.6) is 0 Å². The Morgan fingerprint density at radius 3 is 2.27 bits per heavy atom. The highest BCUT2D eigenvalue weighted by molar-refractivity contribution is 5.78. The first-order valence-corrected chi connectivity index (χ1v) is 4.25. The number of primary amides is 1. The van der Waals surface area contributed by atoms with Crippen molar-refractivity contribution in [1.29, 1.82) is 0 Å². The van der Waals surface area contributed by atoms with Crippen LogP contribution in [0.3, 0.4) is 0 Å². The normalized spacial score (nSPS) is 48.1. The van der Waals surface area contributed by atoms with Crippen molar-refractivity contribution in [2.75, 3.05) is 0 Å². The Morgan fingerprint density at radius 2 is 1.91 bits per heavy atom. The molecule has 0 saturated heterocycles. The quantitative estimate of drug-likeness (QED) is 0.551. The summed E-state index contributed by atoms with van der Waals surface area (Å²) in [5, 5.41) is 0. The molecule has 0 aromatic carbocycles. The van der Waals surface area contributed by atoms with E-state index in [2.05, 4.69) is 0 Å². The third-order valence-electron chi connectivity index (χ3n) is 3.31. The van der Waals surface area contributed by atoms with Crippen molar-refractivity contribution in [3.8, 4) is 0 Å². The summed E-state index contributed by atoms with van der Waals surface area (Å²) in [6.07, 6.45) is 3.50. The summed E-state index contributed by atoms with van der Waals surface area (Å²) in [4.78, 5) is 10.9. The Balaban J connectivity index is 2.17. The molecule has 3 heteroatoms. The fourth-order valence-corrected chi connectivity index (χ4v) is 2.76. The molecule has 2 bridgehead atoms. The van der Waals surface area contributed by atoms with Gasteiger partial charge in [-0.05, 0) is 31.1 Å². The molecule has 4 atom stereocenters. The molecule has 0 unspecified atom stereocenters. The topological polar surface area (TPSA) is 69.1 Å². The van der Waals surface area contributed by atoms with Gasteiger partial charge in [-0.15, -0.1) is 0 Å². The average Bonchev–Trinajstić information content (AvgIpc) is 2.44. The van der Waals surface area contributed by atoms with Gasteiger partial charge in [0.05, 0.1) is 5.92 Å². The smallest absolute Gasteiger partial charge is 0.222 e. The Labute approximate surface area is 66.1 Å². The fraction of sp³-hybridized carbons (Fsp3) is 0.875. The number of rotatable bonds is 1. The van der Waals surface area contributed by atoms with E-state index in [4.69, 9.17) is 11.5 Å². The van der Waals surface area contributed by atoms with E-state index in [0.717, 1.165) is 12.8 Å². The number of nitrogens with two attached hydrogens (primary N) is 2. The molecule has 2 aliphatic carbocycles. The van der Waals surface area contributed by atoms with Crippen molar-refractivity contribution in [1.82, 2.24) is 0 Å². The van der Waals surface area contributed by atoms with Crippen LogP contribution in [0.25, 0.3) is 0 Å². The number of amides is 1. The molecule has 2 saturated carbocycles. The van der Waals surface area contributed by atoms with Gasteiger partial charge in [-0.1, -0.05) is 0 Å². The number of hydrogen-bond acceptors (Lipinski definition) is 2. The minimum atomic E-state index is -0.190. The minimum Gasteiger partial charge on any atom is -0.369 e. The Bertz CT molecular complexity index is 191. The van der Waals surface area contributed by atoms with Gasteiger partial charge in [0, 0.05) is 6.04 Å². The van der Waals surface area contributed by atoms with Gasteiger partial charge in [0.2, 0.25) is 5.91 Å². The van der Waals surface area contributed by atoms with Crippen LogP contribution in [0.1, 0.15) is 19.3 Å². The van der Waals surface area contributed by atoms with Crippen LogP contribution in [0.2, 0.25) is 0 Å². The van der Waals surface area contributed by atoms with Gasteiger partial charge < -0.3 is 11.5 Å². The highest BCUT2D eigenvalue weighted by atomic mass is 16.1. The average molecular weight is 154 g/mol. The highest BCUT2D eigenvalue weighted by Gasteiger charge is 2.48. The van der Waals surface area contributed by atoms with E-state index in [-0.39, 0.29) is 17.9 Å². The minimum absolute atomic E-state index is 0.0197. The van der Waals surface area contributed by atoms with E-state index in [1.54, 1.807) is 0 Å². The molecule has 0 aliphatic heterocycles. The predicted molar refractivity (Wildman–Crippen MR) is 41.5 cm³/mol. The zero-order chi connectivity index (χ0) is 8.01. The molecule has 2 rings (SSSR count).